The normalized spacial score (nSPS) is 24.8. The number of hydrogen-bond donors (Lipinski definition) is 0. The van der Waals surface area contributed by atoms with Gasteiger partial charge in [-0.15, -0.1) is 0 Å². The van der Waals surface area contributed by atoms with E-state index in [0.29, 0.717) is 11.5 Å². The van der Waals surface area contributed by atoms with Crippen molar-refractivity contribution in [2.24, 2.45) is 5.92 Å². The van der Waals surface area contributed by atoms with E-state index < -0.39 is 9.84 Å². The number of aryl methyl sites for hydroxylation is 2. The Balaban J connectivity index is 2.29. The zero-order valence-electron chi connectivity index (χ0n) is 10.1. The molecule has 2 rings (SSSR count). The van der Waals surface area contributed by atoms with E-state index in [1.54, 1.807) is 0 Å². The number of benzene rings is 1. The molecule has 1 aliphatic heterocycles. The lowest BCUT2D eigenvalue weighted by Crippen LogP contribution is -2.12. The predicted octanol–water partition coefficient (Wildman–Crippen LogP) is 3.17. The maximum atomic E-state index is 11.5. The van der Waals surface area contributed by atoms with E-state index in [1.807, 2.05) is 6.07 Å². The fourth-order valence-corrected chi connectivity index (χ4v) is 5.81. The van der Waals surface area contributed by atoms with Gasteiger partial charge in [0.1, 0.15) is 0 Å². The molecule has 94 valence electrons. The Kier molecular flexibility index (Phi) is 3.64. The van der Waals surface area contributed by atoms with Crippen molar-refractivity contribution < 1.29 is 8.42 Å². The summed E-state index contributed by atoms with van der Waals surface area (Å²) in [7, 11) is -2.80. The van der Waals surface area contributed by atoms with Crippen LogP contribution < -0.4 is 0 Å². The van der Waals surface area contributed by atoms with Gasteiger partial charge in [0.05, 0.1) is 11.5 Å². The van der Waals surface area contributed by atoms with Gasteiger partial charge in [0, 0.05) is 4.83 Å². The van der Waals surface area contributed by atoms with E-state index in [0.717, 1.165) is 6.42 Å². The molecule has 0 spiro atoms. The van der Waals surface area contributed by atoms with E-state index in [-0.39, 0.29) is 10.7 Å². The fourth-order valence-electron chi connectivity index (χ4n) is 2.55. The van der Waals surface area contributed by atoms with Gasteiger partial charge in [-0.05, 0) is 42.9 Å². The van der Waals surface area contributed by atoms with Crippen LogP contribution in [0.25, 0.3) is 0 Å². The molecule has 1 saturated heterocycles. The molecule has 0 radical (unpaired) electrons. The molecular formula is C13H17BrO2S. The van der Waals surface area contributed by atoms with E-state index in [4.69, 9.17) is 0 Å². The van der Waals surface area contributed by atoms with Crippen molar-refractivity contribution in [2.45, 2.75) is 25.1 Å². The van der Waals surface area contributed by atoms with Crippen LogP contribution in [0.3, 0.4) is 0 Å². The van der Waals surface area contributed by atoms with Gasteiger partial charge in [-0.3, -0.25) is 0 Å². The quantitative estimate of drug-likeness (QED) is 0.785. The Labute approximate surface area is 111 Å². The lowest BCUT2D eigenvalue weighted by molar-refractivity contribution is 0.577. The third-order valence-electron chi connectivity index (χ3n) is 3.50. The lowest BCUT2D eigenvalue weighted by atomic mass is 9.92. The van der Waals surface area contributed by atoms with Crippen LogP contribution in [0.2, 0.25) is 0 Å². The van der Waals surface area contributed by atoms with Gasteiger partial charge in [0.2, 0.25) is 0 Å². The van der Waals surface area contributed by atoms with Gasteiger partial charge >= 0.3 is 0 Å². The first kappa shape index (κ1) is 13.1. The van der Waals surface area contributed by atoms with Crippen molar-refractivity contribution in [3.63, 3.8) is 0 Å². The molecule has 17 heavy (non-hydrogen) atoms. The zero-order chi connectivity index (χ0) is 12.6. The molecule has 1 aromatic rings. The van der Waals surface area contributed by atoms with Gasteiger partial charge in [0.15, 0.2) is 9.84 Å². The average molecular weight is 317 g/mol. The molecule has 0 aromatic heterocycles. The maximum absolute atomic E-state index is 11.5. The van der Waals surface area contributed by atoms with Crippen molar-refractivity contribution in [1.82, 2.24) is 0 Å². The summed E-state index contributed by atoms with van der Waals surface area (Å²) in [5, 5.41) is 0. The summed E-state index contributed by atoms with van der Waals surface area (Å²) in [5.74, 6) is 0.862. The van der Waals surface area contributed by atoms with E-state index in [2.05, 4.69) is 41.9 Å². The number of alkyl halides is 1. The van der Waals surface area contributed by atoms with Gasteiger partial charge in [0.25, 0.3) is 0 Å². The smallest absolute Gasteiger partial charge is 0.150 e. The lowest BCUT2D eigenvalue weighted by Gasteiger charge is -2.20. The van der Waals surface area contributed by atoms with E-state index in [1.165, 1.54) is 16.7 Å². The molecule has 0 aliphatic carbocycles. The summed E-state index contributed by atoms with van der Waals surface area (Å²) in [4.78, 5) is 0.154. The molecule has 4 heteroatoms. The minimum atomic E-state index is -2.80. The molecule has 2 unspecified atom stereocenters. The molecule has 1 aliphatic rings. The van der Waals surface area contributed by atoms with Crippen LogP contribution in [0.15, 0.2) is 18.2 Å². The van der Waals surface area contributed by atoms with Crippen LogP contribution in [-0.2, 0) is 9.84 Å². The number of hydrogen-bond acceptors (Lipinski definition) is 2. The fraction of sp³-hybridized carbons (Fsp3) is 0.538. The first-order valence-electron chi connectivity index (χ1n) is 5.81. The highest BCUT2D eigenvalue weighted by Gasteiger charge is 2.34. The second-order valence-corrected chi connectivity index (χ2v) is 8.09. The Morgan fingerprint density at radius 2 is 1.88 bits per heavy atom. The Morgan fingerprint density at radius 3 is 2.35 bits per heavy atom. The molecule has 0 N–H and O–H groups in total. The first-order chi connectivity index (χ1) is 7.91. The van der Waals surface area contributed by atoms with Crippen molar-refractivity contribution in [3.8, 4) is 0 Å². The van der Waals surface area contributed by atoms with Crippen LogP contribution >= 0.6 is 15.9 Å². The number of sulfone groups is 1. The van der Waals surface area contributed by atoms with Gasteiger partial charge in [-0.25, -0.2) is 8.42 Å². The third-order valence-corrected chi connectivity index (χ3v) is 6.50. The second kappa shape index (κ2) is 4.73. The minimum absolute atomic E-state index is 0.154. The average Bonchev–Trinajstić information content (AvgIpc) is 2.58. The maximum Gasteiger partial charge on any atom is 0.150 e. The van der Waals surface area contributed by atoms with Crippen LogP contribution in [0.1, 0.15) is 27.9 Å². The van der Waals surface area contributed by atoms with Crippen LogP contribution in [0.5, 0.6) is 0 Å². The SMILES string of the molecule is Cc1cccc(C)c1C(Br)C1CCS(=O)(=O)C1. The topological polar surface area (TPSA) is 34.1 Å². The summed E-state index contributed by atoms with van der Waals surface area (Å²) in [6.45, 7) is 4.17. The highest BCUT2D eigenvalue weighted by molar-refractivity contribution is 9.09. The highest BCUT2D eigenvalue weighted by atomic mass is 79.9. The molecule has 1 heterocycles. The van der Waals surface area contributed by atoms with Gasteiger partial charge in [-0.1, -0.05) is 34.1 Å². The summed E-state index contributed by atoms with van der Waals surface area (Å²) in [6, 6.07) is 6.21. The van der Waals surface area contributed by atoms with Gasteiger partial charge < -0.3 is 0 Å². The number of halogens is 1. The van der Waals surface area contributed by atoms with E-state index >= 15 is 0 Å². The third kappa shape index (κ3) is 2.74. The summed E-state index contributed by atoms with van der Waals surface area (Å²) in [5.41, 5.74) is 3.72. The zero-order valence-corrected chi connectivity index (χ0v) is 12.5. The van der Waals surface area contributed by atoms with Crippen LogP contribution in [0, 0.1) is 19.8 Å². The van der Waals surface area contributed by atoms with Gasteiger partial charge in [-0.2, -0.15) is 0 Å². The summed E-state index contributed by atoms with van der Waals surface area (Å²) in [6.07, 6.45) is 0.770. The van der Waals surface area contributed by atoms with Crippen LogP contribution in [-0.4, -0.2) is 19.9 Å². The number of rotatable bonds is 2. The summed E-state index contributed by atoms with van der Waals surface area (Å²) < 4.78 is 23.1. The highest BCUT2D eigenvalue weighted by Crippen LogP contribution is 2.40. The van der Waals surface area contributed by atoms with Crippen LogP contribution in [0.4, 0.5) is 0 Å². The molecule has 2 nitrogen and oxygen atoms in total. The molecule has 1 fully saturated rings. The van der Waals surface area contributed by atoms with Crippen molar-refractivity contribution >= 4 is 25.8 Å². The molecule has 2 atom stereocenters. The Bertz CT molecular complexity index is 502. The van der Waals surface area contributed by atoms with Crippen molar-refractivity contribution in [2.75, 3.05) is 11.5 Å². The van der Waals surface area contributed by atoms with E-state index in [9.17, 15) is 8.42 Å². The Morgan fingerprint density at radius 1 is 1.29 bits per heavy atom. The first-order valence-corrected chi connectivity index (χ1v) is 8.55. The molecule has 1 aromatic carbocycles. The molecular weight excluding hydrogens is 300 g/mol. The largest absolute Gasteiger partial charge is 0.229 e. The summed E-state index contributed by atoms with van der Waals surface area (Å²) >= 11 is 3.70. The van der Waals surface area contributed by atoms with Crippen molar-refractivity contribution in [1.29, 1.82) is 0 Å². The predicted molar refractivity (Wildman–Crippen MR) is 74.3 cm³/mol. The van der Waals surface area contributed by atoms with Crippen molar-refractivity contribution in [3.05, 3.63) is 34.9 Å². The molecule has 0 amide bonds. The molecule has 0 saturated carbocycles. The standard InChI is InChI=1S/C13H17BrO2S/c1-9-4-3-5-10(2)12(9)13(14)11-6-7-17(15,16)8-11/h3-5,11,13H,6-8H2,1-2H3. The second-order valence-electron chi connectivity index (χ2n) is 4.87. The molecule has 0 bridgehead atoms. The minimum Gasteiger partial charge on any atom is -0.229 e. The Hall–Kier alpha value is -0.350. The monoisotopic (exact) mass is 316 g/mol.